The predicted molar refractivity (Wildman–Crippen MR) is 144 cm³/mol. The van der Waals surface area contributed by atoms with Gasteiger partial charge >= 0.3 is 0 Å². The van der Waals surface area contributed by atoms with Gasteiger partial charge in [-0.1, -0.05) is 0 Å². The first-order valence-corrected chi connectivity index (χ1v) is 12.8. The number of nitrogens with two attached hydrogens (primary N) is 1. The van der Waals surface area contributed by atoms with Gasteiger partial charge in [0.1, 0.15) is 17.2 Å². The average molecular weight is 509 g/mol. The van der Waals surface area contributed by atoms with Crippen LogP contribution < -0.4 is 5.73 Å². The van der Waals surface area contributed by atoms with E-state index in [9.17, 15) is 9.59 Å². The maximum Gasteiger partial charge on any atom is 0.255 e. The van der Waals surface area contributed by atoms with Crippen molar-refractivity contribution in [2.45, 2.75) is 38.4 Å². The SMILES string of the molecule is Cc1cc(-c2ccc(C(=O)N3CC4CC(C3)O4)cn2)cc2cc(CCC(=O)/C=C/c3ccc(N)nc3)oc12. The molecule has 3 aromatic heterocycles. The van der Waals surface area contributed by atoms with E-state index < -0.39 is 0 Å². The summed E-state index contributed by atoms with van der Waals surface area (Å²) in [6, 6.07) is 13.3. The Morgan fingerprint density at radius 3 is 2.61 bits per heavy atom. The van der Waals surface area contributed by atoms with E-state index >= 15 is 0 Å². The van der Waals surface area contributed by atoms with Crippen molar-refractivity contribution in [3.63, 3.8) is 0 Å². The molecular formula is C30H28N4O4. The van der Waals surface area contributed by atoms with Crippen LogP contribution in [0.1, 0.15) is 40.1 Å². The number of benzene rings is 1. The van der Waals surface area contributed by atoms with Gasteiger partial charge in [0.05, 0.1) is 23.5 Å². The fourth-order valence-corrected chi connectivity index (χ4v) is 5.08. The molecule has 8 nitrogen and oxygen atoms in total. The van der Waals surface area contributed by atoms with Gasteiger partial charge in [-0.2, -0.15) is 0 Å². The van der Waals surface area contributed by atoms with Crippen LogP contribution in [0.4, 0.5) is 5.82 Å². The maximum absolute atomic E-state index is 12.9. The Labute approximate surface area is 220 Å². The van der Waals surface area contributed by atoms with Crippen LogP contribution in [-0.4, -0.2) is 51.9 Å². The van der Waals surface area contributed by atoms with Gasteiger partial charge in [-0.25, -0.2) is 4.98 Å². The third-order valence-corrected chi connectivity index (χ3v) is 7.09. The van der Waals surface area contributed by atoms with Crippen molar-refractivity contribution in [1.29, 1.82) is 0 Å². The number of nitrogens with zero attached hydrogens (tertiary/aromatic N) is 3. The molecule has 3 aliphatic rings. The lowest BCUT2D eigenvalue weighted by Gasteiger charge is -2.46. The minimum absolute atomic E-state index is 0.00248. The van der Waals surface area contributed by atoms with Crippen LogP contribution in [0.3, 0.4) is 0 Å². The van der Waals surface area contributed by atoms with Crippen molar-refractivity contribution in [3.05, 3.63) is 83.4 Å². The van der Waals surface area contributed by atoms with Crippen LogP contribution in [0, 0.1) is 6.92 Å². The number of ether oxygens (including phenoxy) is 1. The Kier molecular flexibility index (Phi) is 6.25. The minimum atomic E-state index is 0.00248. The fourth-order valence-electron chi connectivity index (χ4n) is 5.08. The molecule has 3 fully saturated rings. The van der Waals surface area contributed by atoms with Crippen LogP contribution in [0.25, 0.3) is 28.3 Å². The molecule has 7 rings (SSSR count). The lowest BCUT2D eigenvalue weighted by atomic mass is 9.98. The summed E-state index contributed by atoms with van der Waals surface area (Å²) in [5.41, 5.74) is 10.5. The number of rotatable bonds is 7. The van der Waals surface area contributed by atoms with Crippen LogP contribution in [0.2, 0.25) is 0 Å². The summed E-state index contributed by atoms with van der Waals surface area (Å²) in [4.78, 5) is 35.7. The summed E-state index contributed by atoms with van der Waals surface area (Å²) in [7, 11) is 0. The highest BCUT2D eigenvalue weighted by atomic mass is 16.5. The number of aromatic nitrogens is 2. The largest absolute Gasteiger partial charge is 0.461 e. The zero-order chi connectivity index (χ0) is 26.2. The third kappa shape index (κ3) is 4.95. The quantitative estimate of drug-likeness (QED) is 0.363. The number of hydrogen-bond acceptors (Lipinski definition) is 7. The summed E-state index contributed by atoms with van der Waals surface area (Å²) in [6.45, 7) is 3.30. The first-order chi connectivity index (χ1) is 18.4. The molecule has 0 spiro atoms. The molecule has 1 aromatic carbocycles. The molecule has 0 aliphatic carbocycles. The number of piperidine rings is 1. The molecular weight excluding hydrogens is 480 g/mol. The number of pyridine rings is 2. The second-order valence-corrected chi connectivity index (χ2v) is 10.00. The lowest BCUT2D eigenvalue weighted by Crippen LogP contribution is -2.58. The van der Waals surface area contributed by atoms with Crippen molar-refractivity contribution in [1.82, 2.24) is 14.9 Å². The lowest BCUT2D eigenvalue weighted by molar-refractivity contribution is -0.171. The molecule has 6 heterocycles. The Hall–Kier alpha value is -4.30. The number of allylic oxidation sites excluding steroid dienone is 1. The predicted octanol–water partition coefficient (Wildman–Crippen LogP) is 4.61. The molecule has 0 saturated carbocycles. The van der Waals surface area contributed by atoms with E-state index in [1.807, 2.05) is 48.2 Å². The van der Waals surface area contributed by atoms with Crippen molar-refractivity contribution in [2.24, 2.45) is 0 Å². The molecule has 4 aromatic rings. The number of hydrogen-bond donors (Lipinski definition) is 1. The highest BCUT2D eigenvalue weighted by Gasteiger charge is 2.40. The van der Waals surface area contributed by atoms with Gasteiger partial charge in [0.15, 0.2) is 5.78 Å². The van der Waals surface area contributed by atoms with Crippen molar-refractivity contribution in [2.75, 3.05) is 18.8 Å². The first kappa shape index (κ1) is 24.1. The number of nitrogen functional groups attached to an aromatic ring is 1. The molecule has 2 bridgehead atoms. The normalized spacial score (nSPS) is 18.6. The second-order valence-electron chi connectivity index (χ2n) is 10.00. The maximum atomic E-state index is 12.9. The smallest absolute Gasteiger partial charge is 0.255 e. The van der Waals surface area contributed by atoms with Crippen molar-refractivity contribution >= 4 is 34.6 Å². The van der Waals surface area contributed by atoms with E-state index in [2.05, 4.69) is 9.97 Å². The molecule has 2 N–H and O–H groups in total. The van der Waals surface area contributed by atoms with Crippen molar-refractivity contribution in [3.8, 4) is 11.3 Å². The van der Waals surface area contributed by atoms with E-state index in [1.54, 1.807) is 30.6 Å². The number of amides is 1. The molecule has 2 unspecified atom stereocenters. The van der Waals surface area contributed by atoms with E-state index in [0.29, 0.717) is 37.3 Å². The zero-order valence-corrected chi connectivity index (χ0v) is 21.1. The summed E-state index contributed by atoms with van der Waals surface area (Å²) >= 11 is 0. The van der Waals surface area contributed by atoms with Crippen LogP contribution in [0.5, 0.6) is 0 Å². The third-order valence-electron chi connectivity index (χ3n) is 7.09. The highest BCUT2D eigenvalue weighted by molar-refractivity contribution is 5.95. The van der Waals surface area contributed by atoms with Gasteiger partial charge in [0.25, 0.3) is 5.91 Å². The summed E-state index contributed by atoms with van der Waals surface area (Å²) in [5.74, 6) is 1.21. The molecule has 0 radical (unpaired) electrons. The van der Waals surface area contributed by atoms with Gasteiger partial charge in [-0.3, -0.25) is 14.6 Å². The average Bonchev–Trinajstić information content (AvgIpc) is 3.35. The van der Waals surface area contributed by atoms with Crippen LogP contribution in [0.15, 0.2) is 65.4 Å². The number of aryl methyl sites for hydroxylation is 2. The summed E-state index contributed by atoms with van der Waals surface area (Å²) in [6.07, 6.45) is 8.83. The number of morpholine rings is 1. The van der Waals surface area contributed by atoms with Gasteiger partial charge in [0.2, 0.25) is 0 Å². The standard InChI is InChI=1S/C30H28N4O4/c1-18-10-21(27-8-4-20(15-32-27)30(36)34-16-25-13-26(17-34)37-25)11-22-12-24(38-29(18)22)7-6-23(35)5-2-19-3-9-28(31)33-14-19/h2-5,8-12,14-15,25-26H,6-7,13,16-17H2,1H3,(H2,31,33)/b5-2+. The van der Waals surface area contributed by atoms with E-state index in [1.165, 1.54) is 0 Å². The molecule has 1 amide bonds. The fraction of sp³-hybridized carbons (Fsp3) is 0.267. The molecule has 38 heavy (non-hydrogen) atoms. The van der Waals surface area contributed by atoms with Gasteiger partial charge in [0, 0.05) is 55.7 Å². The second kappa shape index (κ2) is 9.87. The van der Waals surface area contributed by atoms with E-state index in [4.69, 9.17) is 14.9 Å². The molecule has 8 heteroatoms. The Bertz CT molecular complexity index is 1520. The van der Waals surface area contributed by atoms with Crippen molar-refractivity contribution < 1.29 is 18.7 Å². The Morgan fingerprint density at radius 2 is 1.89 bits per heavy atom. The number of fused-ring (bicyclic) bond motifs is 3. The highest BCUT2D eigenvalue weighted by Crippen LogP contribution is 2.31. The van der Waals surface area contributed by atoms with Crippen LogP contribution in [-0.2, 0) is 16.0 Å². The minimum Gasteiger partial charge on any atom is -0.461 e. The van der Waals surface area contributed by atoms with E-state index in [-0.39, 0.29) is 23.9 Å². The number of furan rings is 1. The van der Waals surface area contributed by atoms with Gasteiger partial charge < -0.3 is 19.8 Å². The number of carbonyl (C=O) groups excluding carboxylic acids is 2. The first-order valence-electron chi connectivity index (χ1n) is 12.8. The Balaban J connectivity index is 1.12. The van der Waals surface area contributed by atoms with Gasteiger partial charge in [-0.15, -0.1) is 0 Å². The Morgan fingerprint density at radius 1 is 1.08 bits per heavy atom. The topological polar surface area (TPSA) is 112 Å². The summed E-state index contributed by atoms with van der Waals surface area (Å²) in [5, 5.41) is 0.959. The molecule has 192 valence electrons. The van der Waals surface area contributed by atoms with Gasteiger partial charge in [-0.05, 0) is 72.7 Å². The monoisotopic (exact) mass is 508 g/mol. The summed E-state index contributed by atoms with van der Waals surface area (Å²) < 4.78 is 11.7. The molecule has 2 atom stereocenters. The van der Waals surface area contributed by atoms with Crippen LogP contribution >= 0.6 is 0 Å². The number of anilines is 1. The number of carbonyl (C=O) groups is 2. The zero-order valence-electron chi connectivity index (χ0n) is 21.1. The van der Waals surface area contributed by atoms with E-state index in [0.717, 1.165) is 45.5 Å². The molecule has 3 saturated heterocycles. The molecule has 3 aliphatic heterocycles. The number of ketones is 1.